The number of benzene rings is 1. The summed E-state index contributed by atoms with van der Waals surface area (Å²) in [7, 11) is 0. The average Bonchev–Trinajstić information content (AvgIpc) is 3.35. The first kappa shape index (κ1) is 17.2. The van der Waals surface area contributed by atoms with Crippen molar-refractivity contribution in [3.8, 4) is 23.3 Å². The zero-order valence-corrected chi connectivity index (χ0v) is 14.9. The first-order valence-corrected chi connectivity index (χ1v) is 8.77. The van der Waals surface area contributed by atoms with Crippen LogP contribution in [0.15, 0.2) is 41.2 Å². The molecule has 0 radical (unpaired) electrons. The summed E-state index contributed by atoms with van der Waals surface area (Å²) in [5.41, 5.74) is 1.57. The Morgan fingerprint density at radius 2 is 2.19 bits per heavy atom. The molecule has 7 nitrogen and oxygen atoms in total. The van der Waals surface area contributed by atoms with E-state index in [2.05, 4.69) is 28.9 Å². The summed E-state index contributed by atoms with van der Waals surface area (Å²) < 4.78 is 18.6. The molecule has 0 spiro atoms. The zero-order chi connectivity index (χ0) is 18.6. The predicted octanol–water partition coefficient (Wildman–Crippen LogP) is 2.01. The molecular formula is C20H19N3O4. The number of nitrogens with zero attached hydrogens (tertiary/aromatic N) is 3. The van der Waals surface area contributed by atoms with Crippen molar-refractivity contribution in [2.45, 2.75) is 26.0 Å². The highest BCUT2D eigenvalue weighted by molar-refractivity contribution is 5.50. The Balaban J connectivity index is 1.47. The molecule has 0 bridgehead atoms. The summed E-state index contributed by atoms with van der Waals surface area (Å²) in [6.07, 6.45) is 4.24. The molecule has 1 aliphatic heterocycles. The molecule has 7 heteroatoms. The third kappa shape index (κ3) is 3.81. The van der Waals surface area contributed by atoms with E-state index in [1.165, 1.54) is 0 Å². The van der Waals surface area contributed by atoms with Gasteiger partial charge in [-0.05, 0) is 24.1 Å². The van der Waals surface area contributed by atoms with Crippen molar-refractivity contribution in [3.05, 3.63) is 59.5 Å². The number of aliphatic hydroxyl groups is 1. The van der Waals surface area contributed by atoms with E-state index in [1.54, 1.807) is 12.3 Å². The number of imidazole rings is 1. The van der Waals surface area contributed by atoms with Gasteiger partial charge in [0, 0.05) is 30.4 Å². The third-order valence-electron chi connectivity index (χ3n) is 4.20. The van der Waals surface area contributed by atoms with Gasteiger partial charge in [-0.2, -0.15) is 0 Å². The molecule has 0 aliphatic carbocycles. The number of aryl methyl sites for hydroxylation is 1. The van der Waals surface area contributed by atoms with E-state index in [-0.39, 0.29) is 12.7 Å². The first-order chi connectivity index (χ1) is 13.2. The first-order valence-electron chi connectivity index (χ1n) is 8.77. The van der Waals surface area contributed by atoms with Gasteiger partial charge in [0.1, 0.15) is 18.1 Å². The standard InChI is InChI=1S/C20H19N3O4/c1-2-20-21-7-8-23(20)11-15-10-16(27-22-15)5-3-14-4-6-18-19(9-14)25-13-17(12-24)26-18/h4,6-10,17,24H,2,11-13H2,1H3. The van der Waals surface area contributed by atoms with Gasteiger partial charge in [0.25, 0.3) is 0 Å². The molecule has 0 saturated heterocycles. The van der Waals surface area contributed by atoms with E-state index in [4.69, 9.17) is 19.1 Å². The van der Waals surface area contributed by atoms with Gasteiger partial charge in [0.15, 0.2) is 17.6 Å². The third-order valence-corrected chi connectivity index (χ3v) is 4.20. The highest BCUT2D eigenvalue weighted by Gasteiger charge is 2.20. The van der Waals surface area contributed by atoms with Crippen LogP contribution in [0.2, 0.25) is 0 Å². The second kappa shape index (κ2) is 7.56. The quantitative estimate of drug-likeness (QED) is 0.712. The SMILES string of the molecule is CCc1nccn1Cc1cc(C#Cc2ccc3c(c2)OCC(CO)O3)on1. The highest BCUT2D eigenvalue weighted by atomic mass is 16.6. The van der Waals surface area contributed by atoms with Crippen LogP contribution in [0.25, 0.3) is 0 Å². The van der Waals surface area contributed by atoms with Crippen molar-refractivity contribution < 1.29 is 19.1 Å². The number of rotatable bonds is 4. The van der Waals surface area contributed by atoms with Crippen LogP contribution in [0, 0.1) is 11.8 Å². The van der Waals surface area contributed by atoms with Gasteiger partial charge < -0.3 is 23.7 Å². The normalized spacial score (nSPS) is 15.3. The number of fused-ring (bicyclic) bond motifs is 1. The molecule has 0 saturated carbocycles. The molecule has 138 valence electrons. The lowest BCUT2D eigenvalue weighted by atomic mass is 10.2. The van der Waals surface area contributed by atoms with Crippen molar-refractivity contribution in [2.24, 2.45) is 0 Å². The lowest BCUT2D eigenvalue weighted by molar-refractivity contribution is 0.0456. The Morgan fingerprint density at radius 3 is 3.04 bits per heavy atom. The van der Waals surface area contributed by atoms with Gasteiger partial charge in [0.05, 0.1) is 13.2 Å². The molecule has 1 aromatic carbocycles. The minimum atomic E-state index is -0.328. The average molecular weight is 365 g/mol. The molecule has 0 fully saturated rings. The fraction of sp³-hybridized carbons (Fsp3) is 0.300. The maximum absolute atomic E-state index is 9.14. The van der Waals surface area contributed by atoms with Crippen molar-refractivity contribution in [2.75, 3.05) is 13.2 Å². The second-order valence-electron chi connectivity index (χ2n) is 6.15. The minimum Gasteiger partial charge on any atom is -0.486 e. The summed E-state index contributed by atoms with van der Waals surface area (Å²) >= 11 is 0. The van der Waals surface area contributed by atoms with Gasteiger partial charge in [-0.1, -0.05) is 18.0 Å². The topological polar surface area (TPSA) is 82.5 Å². The molecule has 0 amide bonds. The fourth-order valence-corrected chi connectivity index (χ4v) is 2.83. The summed E-state index contributed by atoms with van der Waals surface area (Å²) in [5, 5.41) is 13.2. The van der Waals surface area contributed by atoms with Crippen molar-refractivity contribution >= 4 is 0 Å². The number of aliphatic hydroxyl groups excluding tert-OH is 1. The largest absolute Gasteiger partial charge is 0.486 e. The van der Waals surface area contributed by atoms with Gasteiger partial charge >= 0.3 is 0 Å². The summed E-state index contributed by atoms with van der Waals surface area (Å²) in [6.45, 7) is 2.91. The fourth-order valence-electron chi connectivity index (χ4n) is 2.83. The molecule has 4 rings (SSSR count). The van der Waals surface area contributed by atoms with Crippen LogP contribution >= 0.6 is 0 Å². The van der Waals surface area contributed by atoms with E-state index in [0.29, 0.717) is 30.4 Å². The Labute approximate surface area is 156 Å². The number of aromatic nitrogens is 3. The lowest BCUT2D eigenvalue weighted by Gasteiger charge is -2.25. The predicted molar refractivity (Wildman–Crippen MR) is 96.6 cm³/mol. The van der Waals surface area contributed by atoms with E-state index in [1.807, 2.05) is 29.0 Å². The minimum absolute atomic E-state index is 0.0757. The maximum atomic E-state index is 9.14. The van der Waals surface area contributed by atoms with E-state index in [9.17, 15) is 0 Å². The monoisotopic (exact) mass is 365 g/mol. The molecule has 27 heavy (non-hydrogen) atoms. The van der Waals surface area contributed by atoms with Crippen LogP contribution in [0.3, 0.4) is 0 Å². The molecule has 1 aliphatic rings. The maximum Gasteiger partial charge on any atom is 0.210 e. The molecule has 1 atom stereocenters. The van der Waals surface area contributed by atoms with Crippen molar-refractivity contribution in [1.29, 1.82) is 0 Å². The Kier molecular flexibility index (Phi) is 4.81. The van der Waals surface area contributed by atoms with Crippen molar-refractivity contribution in [3.63, 3.8) is 0 Å². The molecule has 1 unspecified atom stereocenters. The van der Waals surface area contributed by atoms with Gasteiger partial charge in [-0.25, -0.2) is 4.98 Å². The summed E-state index contributed by atoms with van der Waals surface area (Å²) in [5.74, 6) is 8.76. The molecule has 2 aromatic heterocycles. The van der Waals surface area contributed by atoms with Crippen LogP contribution in [0.4, 0.5) is 0 Å². The molecular weight excluding hydrogens is 346 g/mol. The van der Waals surface area contributed by atoms with E-state index < -0.39 is 0 Å². The Morgan fingerprint density at radius 1 is 1.26 bits per heavy atom. The molecule has 3 heterocycles. The number of hydrogen-bond donors (Lipinski definition) is 1. The van der Waals surface area contributed by atoms with E-state index in [0.717, 1.165) is 23.5 Å². The van der Waals surface area contributed by atoms with Crippen LogP contribution in [0.1, 0.15) is 29.8 Å². The van der Waals surface area contributed by atoms with Gasteiger partial charge in [0.2, 0.25) is 5.76 Å². The smallest absolute Gasteiger partial charge is 0.210 e. The van der Waals surface area contributed by atoms with Crippen LogP contribution in [-0.2, 0) is 13.0 Å². The molecule has 1 N–H and O–H groups in total. The van der Waals surface area contributed by atoms with Gasteiger partial charge in [-0.3, -0.25) is 0 Å². The summed E-state index contributed by atoms with van der Waals surface area (Å²) in [4.78, 5) is 4.30. The number of hydrogen-bond acceptors (Lipinski definition) is 6. The van der Waals surface area contributed by atoms with Crippen LogP contribution in [-0.4, -0.2) is 39.1 Å². The van der Waals surface area contributed by atoms with Crippen LogP contribution in [0.5, 0.6) is 11.5 Å². The summed E-state index contributed by atoms with van der Waals surface area (Å²) in [6, 6.07) is 7.27. The lowest BCUT2D eigenvalue weighted by Crippen LogP contribution is -2.32. The van der Waals surface area contributed by atoms with Gasteiger partial charge in [-0.15, -0.1) is 0 Å². The zero-order valence-electron chi connectivity index (χ0n) is 14.9. The second-order valence-corrected chi connectivity index (χ2v) is 6.15. The Hall–Kier alpha value is -3.24. The molecule has 3 aromatic rings. The highest BCUT2D eigenvalue weighted by Crippen LogP contribution is 2.32. The van der Waals surface area contributed by atoms with E-state index >= 15 is 0 Å². The van der Waals surface area contributed by atoms with Crippen molar-refractivity contribution in [1.82, 2.24) is 14.7 Å². The van der Waals surface area contributed by atoms with Crippen LogP contribution < -0.4 is 9.47 Å². The Bertz CT molecular complexity index is 996. The number of ether oxygens (including phenoxy) is 2.